The molecule has 2 amide bonds. The number of nitrogens with zero attached hydrogens (tertiary/aromatic N) is 9. The van der Waals surface area contributed by atoms with Crippen molar-refractivity contribution in [2.24, 2.45) is 7.05 Å². The van der Waals surface area contributed by atoms with Crippen LogP contribution >= 0.6 is 35.3 Å². The minimum Gasteiger partial charge on any atom is -0.477 e. The van der Waals surface area contributed by atoms with Crippen LogP contribution in [0.2, 0.25) is 0 Å². The normalized spacial score (nSPS) is 22.2. The maximum Gasteiger partial charge on any atom is 0.352 e. The van der Waals surface area contributed by atoms with Gasteiger partial charge in [0, 0.05) is 25.7 Å². The summed E-state index contributed by atoms with van der Waals surface area (Å²) in [7, 11) is 2.98. The number of hydrogen-bond acceptors (Lipinski definition) is 13. The van der Waals surface area contributed by atoms with Gasteiger partial charge in [-0.1, -0.05) is 11.8 Å². The average molecular weight is 515 g/mol. The van der Waals surface area contributed by atoms with Crippen molar-refractivity contribution < 1.29 is 24.2 Å². The Morgan fingerprint density at radius 2 is 2.21 bits per heavy atom. The van der Waals surface area contributed by atoms with Crippen LogP contribution in [0.1, 0.15) is 0 Å². The molecule has 1 fully saturated rings. The first-order valence-corrected chi connectivity index (χ1v) is 12.5. The van der Waals surface area contributed by atoms with E-state index in [0.29, 0.717) is 28.1 Å². The van der Waals surface area contributed by atoms with Crippen LogP contribution in [0.4, 0.5) is 0 Å². The number of carbonyl (C=O) groups excluding carboxylic acids is 2. The van der Waals surface area contributed by atoms with E-state index in [9.17, 15) is 19.5 Å². The minimum absolute atomic E-state index is 0.0326. The number of rotatable bonds is 10. The summed E-state index contributed by atoms with van der Waals surface area (Å²) < 4.78 is 8.37. The molecule has 4 rings (SSSR count). The summed E-state index contributed by atoms with van der Waals surface area (Å²) in [5.41, 5.74) is -1.19. The van der Waals surface area contributed by atoms with E-state index in [0.717, 1.165) is 0 Å². The van der Waals surface area contributed by atoms with E-state index in [1.165, 1.54) is 63.0 Å². The molecule has 15 nitrogen and oxygen atoms in total. The predicted molar refractivity (Wildman–Crippen MR) is 115 cm³/mol. The second kappa shape index (κ2) is 9.65. The first-order valence-electron chi connectivity index (χ1n) is 9.27. The van der Waals surface area contributed by atoms with E-state index in [4.69, 9.17) is 4.74 Å². The van der Waals surface area contributed by atoms with Gasteiger partial charge in [0.15, 0.2) is 0 Å². The van der Waals surface area contributed by atoms with Gasteiger partial charge in [0.05, 0.1) is 11.6 Å². The first-order chi connectivity index (χ1) is 15.9. The van der Waals surface area contributed by atoms with Crippen molar-refractivity contribution in [3.05, 3.63) is 17.6 Å². The fourth-order valence-electron chi connectivity index (χ4n) is 3.26. The van der Waals surface area contributed by atoms with Crippen molar-refractivity contribution in [1.82, 2.24) is 50.6 Å². The number of thioether (sulfide) groups is 3. The number of β-lactam (4-membered cyclic amide) rings is 1. The molecular formula is C15H18N10O5S3. The van der Waals surface area contributed by atoms with Gasteiger partial charge in [-0.25, -0.2) is 14.2 Å². The first kappa shape index (κ1) is 23.5. The van der Waals surface area contributed by atoms with Gasteiger partial charge in [-0.15, -0.1) is 33.7 Å². The second-order valence-corrected chi connectivity index (χ2v) is 9.75. The predicted octanol–water partition coefficient (Wildman–Crippen LogP) is -1.61. The molecule has 2 atom stereocenters. The van der Waals surface area contributed by atoms with Crippen LogP contribution in [0, 0.1) is 0 Å². The number of carbonyl (C=O) groups is 3. The molecule has 0 aliphatic carbocycles. The fraction of sp³-hybridized carbons (Fsp3) is 0.533. The Labute approximate surface area is 199 Å². The Balaban J connectivity index is 1.44. The molecule has 0 saturated carbocycles. The molecule has 1 saturated heterocycles. The van der Waals surface area contributed by atoms with E-state index in [2.05, 4.69) is 36.4 Å². The molecule has 18 heteroatoms. The highest BCUT2D eigenvalue weighted by molar-refractivity contribution is 8.01. The van der Waals surface area contributed by atoms with Crippen LogP contribution in [-0.4, -0.2) is 104 Å². The van der Waals surface area contributed by atoms with Crippen LogP contribution in [0.5, 0.6) is 0 Å². The van der Waals surface area contributed by atoms with Crippen LogP contribution < -0.4 is 5.32 Å². The van der Waals surface area contributed by atoms with E-state index in [1.54, 1.807) is 7.05 Å². The molecule has 176 valence electrons. The molecule has 0 radical (unpaired) electrons. The van der Waals surface area contributed by atoms with E-state index < -0.39 is 28.9 Å². The molecule has 0 bridgehead atoms. The minimum atomic E-state index is -1.63. The SMILES string of the molecule is CO[C@@]1(NC(=O)CSCn2cnnn2)C(=O)N2C(C(=O)O)=C(CSc3nnnn3C)CSC21. The Hall–Kier alpha value is -2.70. The topological polar surface area (TPSA) is 183 Å². The van der Waals surface area contributed by atoms with Gasteiger partial charge in [-0.05, 0) is 26.4 Å². The number of carboxylic acids is 1. The van der Waals surface area contributed by atoms with E-state index >= 15 is 0 Å². The number of fused-ring (bicyclic) bond motifs is 1. The number of tetrazole rings is 2. The second-order valence-electron chi connectivity index (χ2n) is 6.78. The number of aromatic nitrogens is 8. The molecule has 2 aromatic rings. The lowest BCUT2D eigenvalue weighted by atomic mass is 9.98. The maximum absolute atomic E-state index is 13.1. The smallest absolute Gasteiger partial charge is 0.352 e. The molecule has 33 heavy (non-hydrogen) atoms. The van der Waals surface area contributed by atoms with E-state index in [1.807, 2.05) is 0 Å². The lowest BCUT2D eigenvalue weighted by Gasteiger charge is -2.55. The number of carboxylic acid groups (broad SMARTS) is 1. The zero-order valence-corrected chi connectivity index (χ0v) is 19.8. The summed E-state index contributed by atoms with van der Waals surface area (Å²) in [6, 6.07) is 0. The highest BCUT2D eigenvalue weighted by Gasteiger charge is 2.66. The summed E-state index contributed by atoms with van der Waals surface area (Å²) in [5.74, 6) is -1.28. The summed E-state index contributed by atoms with van der Waals surface area (Å²) in [5, 5.41) is 34.2. The van der Waals surface area contributed by atoms with Gasteiger partial charge in [-0.2, -0.15) is 0 Å². The van der Waals surface area contributed by atoms with Crippen LogP contribution in [0.3, 0.4) is 0 Å². The molecule has 1 unspecified atom stereocenters. The van der Waals surface area contributed by atoms with Crippen molar-refractivity contribution in [1.29, 1.82) is 0 Å². The van der Waals surface area contributed by atoms with Gasteiger partial charge in [0.25, 0.3) is 11.6 Å². The van der Waals surface area contributed by atoms with Crippen LogP contribution in [-0.2, 0) is 32.0 Å². The van der Waals surface area contributed by atoms with Crippen molar-refractivity contribution in [2.75, 3.05) is 24.4 Å². The molecule has 4 heterocycles. The van der Waals surface area contributed by atoms with Gasteiger partial charge in [0.2, 0.25) is 11.1 Å². The largest absolute Gasteiger partial charge is 0.477 e. The monoisotopic (exact) mass is 514 g/mol. The van der Waals surface area contributed by atoms with Crippen molar-refractivity contribution in [3.63, 3.8) is 0 Å². The van der Waals surface area contributed by atoms with Crippen molar-refractivity contribution in [2.45, 2.75) is 22.1 Å². The maximum atomic E-state index is 13.1. The Morgan fingerprint density at radius 3 is 2.85 bits per heavy atom. The summed E-state index contributed by atoms with van der Waals surface area (Å²) in [4.78, 5) is 38.8. The number of hydrogen-bond donors (Lipinski definition) is 2. The van der Waals surface area contributed by atoms with Gasteiger partial charge >= 0.3 is 5.97 Å². The quantitative estimate of drug-likeness (QED) is 0.210. The Bertz CT molecular complexity index is 1090. The van der Waals surface area contributed by atoms with Gasteiger partial charge < -0.3 is 15.2 Å². The fourth-order valence-corrected chi connectivity index (χ4v) is 6.35. The average Bonchev–Trinajstić information content (AvgIpc) is 3.46. The van der Waals surface area contributed by atoms with Crippen LogP contribution in [0.25, 0.3) is 0 Å². The molecular weight excluding hydrogens is 496 g/mol. The number of aliphatic carboxylic acids is 1. The molecule has 2 N–H and O–H groups in total. The summed E-state index contributed by atoms with van der Waals surface area (Å²) in [6.45, 7) is 0. The third-order valence-electron chi connectivity index (χ3n) is 4.76. The lowest BCUT2D eigenvalue weighted by molar-refractivity contribution is -0.192. The van der Waals surface area contributed by atoms with E-state index in [-0.39, 0.29) is 11.4 Å². The number of amides is 2. The Morgan fingerprint density at radius 1 is 1.39 bits per heavy atom. The van der Waals surface area contributed by atoms with Gasteiger partial charge in [0.1, 0.15) is 17.4 Å². The highest BCUT2D eigenvalue weighted by Crippen LogP contribution is 2.47. The highest BCUT2D eigenvalue weighted by atomic mass is 32.2. The summed E-state index contributed by atoms with van der Waals surface area (Å²) in [6.07, 6.45) is 1.42. The third kappa shape index (κ3) is 4.42. The van der Waals surface area contributed by atoms with Gasteiger partial charge in [-0.3, -0.25) is 14.5 Å². The molecule has 0 spiro atoms. The zero-order chi connectivity index (χ0) is 23.6. The molecule has 2 aliphatic rings. The number of ether oxygens (including phenoxy) is 1. The lowest BCUT2D eigenvalue weighted by Crippen LogP contribution is -2.80. The van der Waals surface area contributed by atoms with Crippen molar-refractivity contribution in [3.8, 4) is 0 Å². The third-order valence-corrected chi connectivity index (χ3v) is 8.15. The standard InChI is InChI=1S/C15H18N10O5S3/c1-23-14(18-20-21-23)33-4-8-3-32-13-15(30-2,12(29)25(13)10(8)11(27)28)17-9(26)5-31-7-24-6-16-19-22-24/h6,13H,3-5,7H2,1-2H3,(H,17,26)(H,27,28)/t13?,15-/m0/s1. The molecule has 0 aromatic carbocycles. The molecule has 2 aromatic heterocycles. The number of methoxy groups -OCH3 is 1. The molecule has 2 aliphatic heterocycles. The van der Waals surface area contributed by atoms with Crippen LogP contribution in [0.15, 0.2) is 22.8 Å². The van der Waals surface area contributed by atoms with Crippen molar-refractivity contribution >= 4 is 53.1 Å². The number of nitrogens with one attached hydrogen (secondary N) is 1. The zero-order valence-electron chi connectivity index (χ0n) is 17.3. The Kier molecular flexibility index (Phi) is 6.86. The number of aryl methyl sites for hydroxylation is 1. The summed E-state index contributed by atoms with van der Waals surface area (Å²) >= 11 is 3.83.